The zero-order chi connectivity index (χ0) is 71.7. The maximum Gasteiger partial charge on any atom is 0.416 e. The lowest BCUT2D eigenvalue weighted by atomic mass is 9.72. The second-order valence-electron chi connectivity index (χ2n) is 26.7. The molecule has 0 unspecified atom stereocenters. The number of unbranched alkanes of at least 4 members (excludes halogenated alkanes) is 3. The highest BCUT2D eigenvalue weighted by Crippen LogP contribution is 2.49. The number of hydrogen-bond donors (Lipinski definition) is 3. The van der Waals surface area contributed by atoms with Crippen LogP contribution in [0.2, 0.25) is 10.0 Å². The van der Waals surface area contributed by atoms with Crippen LogP contribution >= 0.6 is 23.2 Å². The van der Waals surface area contributed by atoms with Gasteiger partial charge in [-0.1, -0.05) is 121 Å². The number of hydrogen-bond acceptors (Lipinski definition) is 12. The fraction of sp³-hybridized carbons (Fsp3) is 0.461. The van der Waals surface area contributed by atoms with Gasteiger partial charge in [0.2, 0.25) is 11.8 Å². The lowest BCUT2D eigenvalue weighted by Gasteiger charge is -2.46. The number of carbonyl (C=O) groups is 5. The fourth-order valence-corrected chi connectivity index (χ4v) is 14.3. The van der Waals surface area contributed by atoms with E-state index in [1.165, 1.54) is 10.5 Å². The van der Waals surface area contributed by atoms with Gasteiger partial charge in [0.05, 0.1) is 52.7 Å². The molecule has 101 heavy (non-hydrogen) atoms. The summed E-state index contributed by atoms with van der Waals surface area (Å²) in [5, 5.41) is 9.62. The van der Waals surface area contributed by atoms with Gasteiger partial charge in [-0.05, 0) is 160 Å². The van der Waals surface area contributed by atoms with Crippen molar-refractivity contribution in [3.05, 3.63) is 189 Å². The van der Waals surface area contributed by atoms with Crippen molar-refractivity contribution in [3.63, 3.8) is 0 Å². The van der Waals surface area contributed by atoms with Crippen molar-refractivity contribution in [2.45, 2.75) is 119 Å². The summed E-state index contributed by atoms with van der Waals surface area (Å²) in [7, 11) is 3.58. The van der Waals surface area contributed by atoms with E-state index in [0.717, 1.165) is 80.5 Å². The molecule has 10 rings (SSSR count). The molecule has 1 aliphatic carbocycles. The van der Waals surface area contributed by atoms with Crippen molar-refractivity contribution in [3.8, 4) is 11.1 Å². The number of likely N-dealkylation sites (tertiary alicyclic amines) is 2. The SMILES string of the molecule is CN(CCN1CCC(OC(=O)Nc2ccccc2-c2ccccc2)CC1)C(=O)CCCCCNCc1ccc(NC(=O)OCCCCN(C)C(=O)CO[C@H]2Cc3ccccc3C23CCN(CC[C@]2(c4ccc(Cl)c(Cl)c4)CN(C(=O)c4cc(C(F)(F)F)cc(C(F)(F)F)c4)CCO2)CC3)cc1. The summed E-state index contributed by atoms with van der Waals surface area (Å²) in [6.07, 6.45) is -3.76. The van der Waals surface area contributed by atoms with Crippen molar-refractivity contribution >= 4 is 64.5 Å². The number of nitrogens with one attached hydrogen (secondary N) is 3. The first-order valence-electron chi connectivity index (χ1n) is 34.6. The first-order valence-corrected chi connectivity index (χ1v) is 35.4. The third-order valence-corrected chi connectivity index (χ3v) is 20.6. The molecule has 3 aliphatic heterocycles. The zero-order valence-corrected chi connectivity index (χ0v) is 58.5. The minimum Gasteiger partial charge on any atom is -0.449 e. The molecule has 2 atom stereocenters. The first kappa shape index (κ1) is 75.9. The normalized spacial score (nSPS) is 18.0. The Morgan fingerprint density at radius 1 is 0.663 bits per heavy atom. The zero-order valence-electron chi connectivity index (χ0n) is 57.0. The van der Waals surface area contributed by atoms with Crippen LogP contribution in [-0.4, -0.2) is 173 Å². The molecule has 25 heteroatoms. The molecule has 5 amide bonds. The Kier molecular flexibility index (Phi) is 26.2. The van der Waals surface area contributed by atoms with E-state index < -0.39 is 58.2 Å². The van der Waals surface area contributed by atoms with Crippen LogP contribution in [0.3, 0.4) is 0 Å². The van der Waals surface area contributed by atoms with Gasteiger partial charge in [0.15, 0.2) is 0 Å². The van der Waals surface area contributed by atoms with E-state index in [1.54, 1.807) is 30.1 Å². The summed E-state index contributed by atoms with van der Waals surface area (Å²) in [6.45, 7) is 6.22. The highest BCUT2D eigenvalue weighted by molar-refractivity contribution is 6.42. The van der Waals surface area contributed by atoms with Crippen molar-refractivity contribution in [1.82, 2.24) is 29.8 Å². The number of ether oxygens (including phenoxy) is 4. The van der Waals surface area contributed by atoms with Crippen LogP contribution in [0.1, 0.15) is 114 Å². The number of carbonyl (C=O) groups excluding carboxylic acids is 5. The molecule has 3 heterocycles. The van der Waals surface area contributed by atoms with E-state index in [9.17, 15) is 50.3 Å². The number of halogens is 8. The molecule has 0 bridgehead atoms. The number of benzene rings is 6. The molecule has 3 N–H and O–H groups in total. The van der Waals surface area contributed by atoms with Crippen LogP contribution in [0.25, 0.3) is 11.1 Å². The average molecular weight is 1440 g/mol. The molecule has 6 aromatic rings. The lowest BCUT2D eigenvalue weighted by molar-refractivity contribution is -0.143. The largest absolute Gasteiger partial charge is 0.449 e. The predicted molar refractivity (Wildman–Crippen MR) is 376 cm³/mol. The minimum absolute atomic E-state index is 0.00586. The predicted octanol–water partition coefficient (Wildman–Crippen LogP) is 14.7. The van der Waals surface area contributed by atoms with Gasteiger partial charge in [0.25, 0.3) is 5.91 Å². The average Bonchev–Trinajstić information content (AvgIpc) is 1.62. The van der Waals surface area contributed by atoms with Crippen LogP contribution < -0.4 is 16.0 Å². The molecule has 6 aromatic carbocycles. The number of rotatable bonds is 28. The molecule has 17 nitrogen and oxygen atoms in total. The number of anilines is 2. The topological polar surface area (TPSA) is 175 Å². The van der Waals surface area contributed by atoms with Crippen molar-refractivity contribution in [2.24, 2.45) is 0 Å². The smallest absolute Gasteiger partial charge is 0.416 e. The summed E-state index contributed by atoms with van der Waals surface area (Å²) in [4.78, 5) is 75.3. The van der Waals surface area contributed by atoms with Crippen LogP contribution in [0, 0.1) is 0 Å². The maximum absolute atomic E-state index is 14.0. The number of amides is 5. The Bertz CT molecular complexity index is 3750. The summed E-state index contributed by atoms with van der Waals surface area (Å²) < 4.78 is 108. The van der Waals surface area contributed by atoms with E-state index in [1.807, 2.05) is 103 Å². The van der Waals surface area contributed by atoms with E-state index in [0.29, 0.717) is 107 Å². The van der Waals surface area contributed by atoms with Crippen LogP contribution in [0.5, 0.6) is 0 Å². The van der Waals surface area contributed by atoms with Gasteiger partial charge < -0.3 is 48.8 Å². The minimum atomic E-state index is -5.14. The molecule has 0 aromatic heterocycles. The van der Waals surface area contributed by atoms with E-state index in [-0.39, 0.29) is 79.5 Å². The summed E-state index contributed by atoms with van der Waals surface area (Å²) in [5.74, 6) is -1.06. The van der Waals surface area contributed by atoms with Gasteiger partial charge in [0, 0.05) is 95.1 Å². The van der Waals surface area contributed by atoms with Crippen molar-refractivity contribution < 1.29 is 69.3 Å². The molecule has 542 valence electrons. The van der Waals surface area contributed by atoms with Crippen molar-refractivity contribution in [1.29, 1.82) is 0 Å². The van der Waals surface area contributed by atoms with Gasteiger partial charge in [-0.3, -0.25) is 25.0 Å². The molecule has 0 saturated carbocycles. The molecule has 3 fully saturated rings. The molecule has 3 saturated heterocycles. The molecular weight excluding hydrogens is 1350 g/mol. The van der Waals surface area contributed by atoms with E-state index in [2.05, 4.69) is 37.9 Å². The maximum atomic E-state index is 14.0. The molecule has 4 aliphatic rings. The summed E-state index contributed by atoms with van der Waals surface area (Å²) in [6, 6.07) is 39.0. The highest BCUT2D eigenvalue weighted by atomic mass is 35.5. The Morgan fingerprint density at radius 2 is 1.35 bits per heavy atom. The Morgan fingerprint density at radius 3 is 2.07 bits per heavy atom. The monoisotopic (exact) mass is 1440 g/mol. The summed E-state index contributed by atoms with van der Waals surface area (Å²) >= 11 is 12.8. The molecule has 0 radical (unpaired) electrons. The fourth-order valence-electron chi connectivity index (χ4n) is 14.0. The van der Waals surface area contributed by atoms with Gasteiger partial charge in [0.1, 0.15) is 18.3 Å². The Labute approximate surface area is 596 Å². The lowest BCUT2D eigenvalue weighted by Crippen LogP contribution is -2.54. The highest BCUT2D eigenvalue weighted by Gasteiger charge is 2.50. The Hall–Kier alpha value is -7.77. The number of para-hydroxylation sites is 1. The quantitative estimate of drug-likeness (QED) is 0.0314. The third kappa shape index (κ3) is 20.5. The third-order valence-electron chi connectivity index (χ3n) is 19.9. The van der Waals surface area contributed by atoms with E-state index in [4.69, 9.17) is 42.1 Å². The standard InChI is InChI=1S/C76H88Cl2F6N8O9/c1-88(34-13-14-43-98-71(96)86-60-25-22-53(23-26-60)50-85-33-12-4-7-21-68(93)89(2)40-41-90-35-28-61(29-36-90)101-72(97)87-66-20-11-9-18-62(66)54-15-5-3-6-16-54)69(94)51-99-67-47-55-17-8-10-19-63(55)73(67)30-37-91(38-31-73)39-32-74(57-24-27-64(77)65(78)49-57)52-92(42-44-100-74)70(95)56-45-58(75(79,80)81)48-59(46-56)76(82,83)84/h3,5-6,8-11,15-20,22-27,45-46,48-49,61,67,85H,4,7,12-14,21,28-44,47,50-52H2,1-2H3,(H,86,96)(H,87,97)/t67-,74+/m0/s1. The number of piperidine rings is 2. The second-order valence-corrected chi connectivity index (χ2v) is 27.5. The van der Waals surface area contributed by atoms with Gasteiger partial charge >= 0.3 is 24.5 Å². The van der Waals surface area contributed by atoms with Gasteiger partial charge in [-0.2, -0.15) is 26.3 Å². The number of alkyl halides is 6. The summed E-state index contributed by atoms with van der Waals surface area (Å²) in [5.41, 5.74) is 1.58. The van der Waals surface area contributed by atoms with Crippen molar-refractivity contribution in [2.75, 3.05) is 117 Å². The second kappa shape index (κ2) is 34.9. The Balaban J connectivity index is 0.582. The van der Waals surface area contributed by atoms with Gasteiger partial charge in [-0.25, -0.2) is 9.59 Å². The van der Waals surface area contributed by atoms with E-state index >= 15 is 0 Å². The number of morpholine rings is 1. The number of fused-ring (bicyclic) bond motifs is 2. The first-order chi connectivity index (χ1) is 48.4. The van der Waals surface area contributed by atoms with Gasteiger partial charge in [-0.15, -0.1) is 0 Å². The van der Waals surface area contributed by atoms with Crippen LogP contribution in [0.15, 0.2) is 140 Å². The molecular formula is C76H88Cl2F6N8O9. The molecule has 1 spiro atoms. The number of likely N-dealkylation sites (N-methyl/N-ethyl adjacent to an activating group) is 2. The van der Waals surface area contributed by atoms with Crippen LogP contribution in [0.4, 0.5) is 47.3 Å². The van der Waals surface area contributed by atoms with Crippen LogP contribution in [-0.2, 0) is 64.9 Å². The number of nitrogens with zero attached hydrogens (tertiary/aromatic N) is 5.